The van der Waals surface area contributed by atoms with Gasteiger partial charge in [-0.05, 0) is 25.8 Å². The summed E-state index contributed by atoms with van der Waals surface area (Å²) in [6, 6.07) is 2.28. The summed E-state index contributed by atoms with van der Waals surface area (Å²) >= 11 is 5.99. The number of piperazine rings is 1. The molecule has 2 saturated heterocycles. The first-order chi connectivity index (χ1) is 11.5. The van der Waals surface area contributed by atoms with Gasteiger partial charge < -0.3 is 15.0 Å². The van der Waals surface area contributed by atoms with Gasteiger partial charge in [0, 0.05) is 17.8 Å². The second-order valence-corrected chi connectivity index (χ2v) is 6.37. The molecule has 7 nitrogen and oxygen atoms in total. The highest BCUT2D eigenvalue weighted by Gasteiger charge is 2.43. The molecule has 2 aliphatic heterocycles. The number of rotatable bonds is 4. The van der Waals surface area contributed by atoms with E-state index in [4.69, 9.17) is 16.3 Å². The van der Waals surface area contributed by atoms with Crippen LogP contribution in [0.3, 0.4) is 0 Å². The van der Waals surface area contributed by atoms with E-state index in [1.54, 1.807) is 24.0 Å². The predicted octanol–water partition coefficient (Wildman–Crippen LogP) is 0.619. The first kappa shape index (κ1) is 16.7. The monoisotopic (exact) mass is 351 g/mol. The van der Waals surface area contributed by atoms with Gasteiger partial charge >= 0.3 is 5.97 Å². The molecule has 3 rings (SSSR count). The maximum absolute atomic E-state index is 12.3. The number of aromatic nitrogens is 1. The van der Waals surface area contributed by atoms with E-state index in [1.165, 1.54) is 0 Å². The molecule has 128 valence electrons. The smallest absolute Gasteiger partial charge is 0.310 e. The fraction of sp³-hybridized carbons (Fsp3) is 0.500. The van der Waals surface area contributed by atoms with Gasteiger partial charge in [0.25, 0.3) is 0 Å². The van der Waals surface area contributed by atoms with E-state index in [0.717, 1.165) is 12.1 Å². The van der Waals surface area contributed by atoms with E-state index in [-0.39, 0.29) is 36.0 Å². The Morgan fingerprint density at radius 2 is 2.25 bits per heavy atom. The Morgan fingerprint density at radius 1 is 1.46 bits per heavy atom. The normalized spacial score (nSPS) is 23.0. The van der Waals surface area contributed by atoms with Crippen molar-refractivity contribution in [2.24, 2.45) is 0 Å². The number of esters is 1. The highest BCUT2D eigenvalue weighted by atomic mass is 35.5. The third-order valence-electron chi connectivity index (χ3n) is 4.26. The van der Waals surface area contributed by atoms with Crippen molar-refractivity contribution in [3.63, 3.8) is 0 Å². The number of amides is 2. The standard InChI is InChI=1S/C16H18ClN3O4/c1-9-4-5-10(14(17)18-9)7-13(21)24-8-11-16(23)20-6-2-3-12(20)15(22)19-11/h4-5,11-12H,2-3,6-8H2,1H3,(H,19,22)/t11-,12-/m0/s1. The molecule has 0 unspecified atom stereocenters. The molecule has 0 bridgehead atoms. The number of nitrogens with zero attached hydrogens (tertiary/aromatic N) is 2. The number of nitrogens with one attached hydrogen (secondary N) is 1. The van der Waals surface area contributed by atoms with Gasteiger partial charge in [0.2, 0.25) is 11.8 Å². The molecule has 0 aliphatic carbocycles. The second kappa shape index (κ2) is 6.76. The van der Waals surface area contributed by atoms with Crippen LogP contribution < -0.4 is 5.32 Å². The van der Waals surface area contributed by atoms with E-state index in [0.29, 0.717) is 18.5 Å². The van der Waals surface area contributed by atoms with Gasteiger partial charge in [0.05, 0.1) is 6.42 Å². The Bertz CT molecular complexity index is 694. The summed E-state index contributed by atoms with van der Waals surface area (Å²) in [5, 5.41) is 2.89. The molecule has 2 atom stereocenters. The summed E-state index contributed by atoms with van der Waals surface area (Å²) < 4.78 is 5.15. The molecule has 2 aliphatic rings. The summed E-state index contributed by atoms with van der Waals surface area (Å²) in [7, 11) is 0. The molecule has 0 radical (unpaired) electrons. The number of fused-ring (bicyclic) bond motifs is 1. The zero-order chi connectivity index (χ0) is 17.3. The molecule has 0 aromatic carbocycles. The molecule has 0 saturated carbocycles. The van der Waals surface area contributed by atoms with Gasteiger partial charge in [-0.1, -0.05) is 17.7 Å². The molecular weight excluding hydrogens is 334 g/mol. The maximum Gasteiger partial charge on any atom is 0.310 e. The van der Waals surface area contributed by atoms with Gasteiger partial charge in [-0.15, -0.1) is 0 Å². The second-order valence-electron chi connectivity index (χ2n) is 6.01. The average molecular weight is 352 g/mol. The third-order valence-corrected chi connectivity index (χ3v) is 4.59. The number of halogens is 1. The number of aryl methyl sites for hydroxylation is 1. The summed E-state index contributed by atoms with van der Waals surface area (Å²) in [4.78, 5) is 41.9. The number of ether oxygens (including phenoxy) is 1. The van der Waals surface area contributed by atoms with Crippen LogP contribution in [0.15, 0.2) is 12.1 Å². The van der Waals surface area contributed by atoms with E-state index < -0.39 is 12.0 Å². The van der Waals surface area contributed by atoms with Crippen molar-refractivity contribution in [1.82, 2.24) is 15.2 Å². The maximum atomic E-state index is 12.3. The molecule has 1 aromatic rings. The third kappa shape index (κ3) is 3.36. The molecule has 1 aromatic heterocycles. The van der Waals surface area contributed by atoms with E-state index >= 15 is 0 Å². The molecule has 3 heterocycles. The topological polar surface area (TPSA) is 88.6 Å². The van der Waals surface area contributed by atoms with E-state index in [1.807, 2.05) is 0 Å². The minimum atomic E-state index is -0.817. The largest absolute Gasteiger partial charge is 0.463 e. The Balaban J connectivity index is 1.56. The van der Waals surface area contributed by atoms with Gasteiger partial charge in [-0.2, -0.15) is 0 Å². The number of carbonyl (C=O) groups excluding carboxylic acids is 3. The zero-order valence-electron chi connectivity index (χ0n) is 13.3. The Morgan fingerprint density at radius 3 is 3.00 bits per heavy atom. The molecule has 2 amide bonds. The Labute approximate surface area is 144 Å². The van der Waals surface area contributed by atoms with Crippen LogP contribution in [0, 0.1) is 6.92 Å². The first-order valence-electron chi connectivity index (χ1n) is 7.84. The molecular formula is C16H18ClN3O4. The Hall–Kier alpha value is -2.15. The minimum absolute atomic E-state index is 0.0344. The molecule has 24 heavy (non-hydrogen) atoms. The van der Waals surface area contributed by atoms with Crippen molar-refractivity contribution in [3.8, 4) is 0 Å². The first-order valence-corrected chi connectivity index (χ1v) is 8.22. The lowest BCUT2D eigenvalue weighted by Crippen LogP contribution is -2.62. The van der Waals surface area contributed by atoms with Crippen LogP contribution in [0.1, 0.15) is 24.1 Å². The van der Waals surface area contributed by atoms with Crippen LogP contribution in [0.2, 0.25) is 5.15 Å². The van der Waals surface area contributed by atoms with Crippen molar-refractivity contribution in [2.75, 3.05) is 13.2 Å². The van der Waals surface area contributed by atoms with Crippen molar-refractivity contribution >= 4 is 29.4 Å². The molecule has 1 N–H and O–H groups in total. The van der Waals surface area contributed by atoms with E-state index in [9.17, 15) is 14.4 Å². The highest BCUT2D eigenvalue weighted by Crippen LogP contribution is 2.22. The SMILES string of the molecule is Cc1ccc(CC(=O)OC[C@@H]2NC(=O)[C@@H]3CCCN3C2=O)c(Cl)n1. The van der Waals surface area contributed by atoms with Gasteiger partial charge in [0.1, 0.15) is 23.8 Å². The number of carbonyl (C=O) groups is 3. The van der Waals surface area contributed by atoms with Crippen LogP contribution in [0.25, 0.3) is 0 Å². The molecule has 2 fully saturated rings. The zero-order valence-corrected chi connectivity index (χ0v) is 14.0. The number of pyridine rings is 1. The predicted molar refractivity (Wildman–Crippen MR) is 85.3 cm³/mol. The molecule has 0 spiro atoms. The number of hydrogen-bond donors (Lipinski definition) is 1. The highest BCUT2D eigenvalue weighted by molar-refractivity contribution is 6.30. The lowest BCUT2D eigenvalue weighted by atomic mass is 10.1. The van der Waals surface area contributed by atoms with E-state index in [2.05, 4.69) is 10.3 Å². The minimum Gasteiger partial charge on any atom is -0.463 e. The average Bonchev–Trinajstić information content (AvgIpc) is 3.03. The van der Waals surface area contributed by atoms with Crippen LogP contribution in [0.4, 0.5) is 0 Å². The Kier molecular flexibility index (Phi) is 4.71. The number of hydrogen-bond acceptors (Lipinski definition) is 5. The van der Waals surface area contributed by atoms with Crippen LogP contribution >= 0.6 is 11.6 Å². The van der Waals surface area contributed by atoms with Crippen molar-refractivity contribution < 1.29 is 19.1 Å². The van der Waals surface area contributed by atoms with Gasteiger partial charge in [0.15, 0.2) is 0 Å². The van der Waals surface area contributed by atoms with Crippen molar-refractivity contribution in [2.45, 2.75) is 38.3 Å². The molecule has 8 heteroatoms. The lowest BCUT2D eigenvalue weighted by molar-refractivity contribution is -0.153. The summed E-state index contributed by atoms with van der Waals surface area (Å²) in [5.74, 6) is -0.896. The fourth-order valence-electron chi connectivity index (χ4n) is 3.01. The van der Waals surface area contributed by atoms with Crippen LogP contribution in [0.5, 0.6) is 0 Å². The summed E-state index contributed by atoms with van der Waals surface area (Å²) in [5.41, 5.74) is 1.32. The summed E-state index contributed by atoms with van der Waals surface area (Å²) in [6.07, 6.45) is 1.46. The van der Waals surface area contributed by atoms with Gasteiger partial charge in [-0.3, -0.25) is 14.4 Å². The van der Waals surface area contributed by atoms with Crippen LogP contribution in [-0.2, 0) is 25.5 Å². The van der Waals surface area contributed by atoms with Crippen LogP contribution in [-0.4, -0.2) is 52.9 Å². The fourth-order valence-corrected chi connectivity index (χ4v) is 3.28. The van der Waals surface area contributed by atoms with Gasteiger partial charge in [-0.25, -0.2) is 4.98 Å². The quantitative estimate of drug-likeness (QED) is 0.634. The van der Waals surface area contributed by atoms with Crippen molar-refractivity contribution in [3.05, 3.63) is 28.5 Å². The van der Waals surface area contributed by atoms with Crippen molar-refractivity contribution in [1.29, 1.82) is 0 Å². The summed E-state index contributed by atoms with van der Waals surface area (Å²) in [6.45, 7) is 2.20. The lowest BCUT2D eigenvalue weighted by Gasteiger charge is -2.34.